The first-order valence-corrected chi connectivity index (χ1v) is 8.37. The van der Waals surface area contributed by atoms with Crippen molar-refractivity contribution in [2.75, 3.05) is 11.4 Å². The van der Waals surface area contributed by atoms with Gasteiger partial charge in [0, 0.05) is 24.3 Å². The van der Waals surface area contributed by atoms with Crippen molar-refractivity contribution in [2.24, 2.45) is 0 Å². The highest BCUT2D eigenvalue weighted by molar-refractivity contribution is 5.95. The number of benzene rings is 1. The van der Waals surface area contributed by atoms with Crippen LogP contribution in [-0.2, 0) is 4.79 Å². The fourth-order valence-corrected chi connectivity index (χ4v) is 2.97. The number of nitrogens with one attached hydrogen (secondary N) is 2. The Morgan fingerprint density at radius 3 is 2.48 bits per heavy atom. The van der Waals surface area contributed by atoms with Gasteiger partial charge in [0.2, 0.25) is 5.91 Å². The second-order valence-corrected chi connectivity index (χ2v) is 6.32. The zero-order chi connectivity index (χ0) is 18.0. The number of rotatable bonds is 4. The molecule has 6 heteroatoms. The maximum atomic E-state index is 12.3. The maximum Gasteiger partial charge on any atom is 0.260 e. The molecule has 0 radical (unpaired) electrons. The topological polar surface area (TPSA) is 82.3 Å². The van der Waals surface area contributed by atoms with E-state index in [9.17, 15) is 14.4 Å². The van der Waals surface area contributed by atoms with Crippen LogP contribution in [0.25, 0.3) is 0 Å². The summed E-state index contributed by atoms with van der Waals surface area (Å²) in [6, 6.07) is 10.5. The molecule has 1 aliphatic heterocycles. The number of aromatic amines is 1. The molecule has 2 amide bonds. The number of carbonyl (C=O) groups is 2. The molecule has 0 saturated carbocycles. The lowest BCUT2D eigenvalue weighted by Gasteiger charge is -2.18. The third-order valence-electron chi connectivity index (χ3n) is 4.43. The van der Waals surface area contributed by atoms with E-state index < -0.39 is 11.5 Å². The Kier molecular flexibility index (Phi) is 4.70. The van der Waals surface area contributed by atoms with Gasteiger partial charge in [0.25, 0.3) is 11.5 Å². The Hall–Kier alpha value is -2.89. The SMILES string of the molecule is Cc1ccc(C(=O)N[C@H](C)c2ccc(N3CCCC3=O)cc2)c(=O)[nH]1. The van der Waals surface area contributed by atoms with Gasteiger partial charge in [-0.2, -0.15) is 0 Å². The van der Waals surface area contributed by atoms with Gasteiger partial charge < -0.3 is 15.2 Å². The first kappa shape index (κ1) is 17.0. The van der Waals surface area contributed by atoms with E-state index in [1.165, 1.54) is 6.07 Å². The van der Waals surface area contributed by atoms with Gasteiger partial charge in [-0.05, 0) is 50.1 Å². The summed E-state index contributed by atoms with van der Waals surface area (Å²) in [5.41, 5.74) is 2.19. The largest absolute Gasteiger partial charge is 0.345 e. The van der Waals surface area contributed by atoms with Crippen molar-refractivity contribution >= 4 is 17.5 Å². The zero-order valence-corrected chi connectivity index (χ0v) is 14.3. The number of aryl methyl sites for hydroxylation is 1. The van der Waals surface area contributed by atoms with E-state index in [4.69, 9.17) is 0 Å². The summed E-state index contributed by atoms with van der Waals surface area (Å²) in [6.45, 7) is 4.37. The third-order valence-corrected chi connectivity index (χ3v) is 4.43. The number of hydrogen-bond donors (Lipinski definition) is 2. The molecule has 6 nitrogen and oxygen atoms in total. The van der Waals surface area contributed by atoms with Gasteiger partial charge in [-0.1, -0.05) is 12.1 Å². The number of carbonyl (C=O) groups excluding carboxylic acids is 2. The predicted octanol–water partition coefficient (Wildman–Crippen LogP) is 2.30. The van der Waals surface area contributed by atoms with Crippen LogP contribution in [0, 0.1) is 6.92 Å². The molecule has 1 aromatic carbocycles. The van der Waals surface area contributed by atoms with Crippen molar-refractivity contribution in [1.82, 2.24) is 10.3 Å². The number of hydrogen-bond acceptors (Lipinski definition) is 3. The maximum absolute atomic E-state index is 12.3. The normalized spacial score (nSPS) is 15.3. The van der Waals surface area contributed by atoms with Crippen molar-refractivity contribution in [2.45, 2.75) is 32.7 Å². The summed E-state index contributed by atoms with van der Waals surface area (Å²) in [5, 5.41) is 2.83. The van der Waals surface area contributed by atoms with Crippen LogP contribution in [0.3, 0.4) is 0 Å². The molecular formula is C19H21N3O3. The lowest BCUT2D eigenvalue weighted by molar-refractivity contribution is -0.117. The van der Waals surface area contributed by atoms with Crippen molar-refractivity contribution in [3.63, 3.8) is 0 Å². The molecular weight excluding hydrogens is 318 g/mol. The summed E-state index contributed by atoms with van der Waals surface area (Å²) in [5.74, 6) is -0.264. The molecule has 130 valence electrons. The van der Waals surface area contributed by atoms with Gasteiger partial charge in [-0.3, -0.25) is 14.4 Å². The number of H-pyrrole nitrogens is 1. The van der Waals surface area contributed by atoms with Gasteiger partial charge in [0.05, 0.1) is 6.04 Å². The fourth-order valence-electron chi connectivity index (χ4n) is 2.97. The molecule has 1 atom stereocenters. The van der Waals surface area contributed by atoms with Gasteiger partial charge in [0.15, 0.2) is 0 Å². The number of aromatic nitrogens is 1. The summed E-state index contributed by atoms with van der Waals surface area (Å²) >= 11 is 0. The second kappa shape index (κ2) is 6.93. The van der Waals surface area contributed by atoms with E-state index in [-0.39, 0.29) is 17.5 Å². The Morgan fingerprint density at radius 2 is 1.88 bits per heavy atom. The summed E-state index contributed by atoms with van der Waals surface area (Å²) in [6.07, 6.45) is 1.48. The Bertz CT molecular complexity index is 855. The minimum atomic E-state index is -0.410. The van der Waals surface area contributed by atoms with Gasteiger partial charge in [0.1, 0.15) is 5.56 Å². The van der Waals surface area contributed by atoms with Crippen LogP contribution in [0.2, 0.25) is 0 Å². The van der Waals surface area contributed by atoms with Crippen LogP contribution in [-0.4, -0.2) is 23.3 Å². The van der Waals surface area contributed by atoms with E-state index in [1.54, 1.807) is 17.9 Å². The Balaban J connectivity index is 1.70. The summed E-state index contributed by atoms with van der Waals surface area (Å²) in [4.78, 5) is 40.4. The van der Waals surface area contributed by atoms with E-state index in [1.807, 2.05) is 31.2 Å². The van der Waals surface area contributed by atoms with Crippen LogP contribution < -0.4 is 15.8 Å². The molecule has 1 aliphatic rings. The average molecular weight is 339 g/mol. The van der Waals surface area contributed by atoms with Crippen LogP contribution in [0.4, 0.5) is 5.69 Å². The van der Waals surface area contributed by atoms with Crippen LogP contribution >= 0.6 is 0 Å². The molecule has 2 heterocycles. The minimum Gasteiger partial charge on any atom is -0.345 e. The van der Waals surface area contributed by atoms with Gasteiger partial charge in [-0.25, -0.2) is 0 Å². The molecule has 1 saturated heterocycles. The number of pyridine rings is 1. The third kappa shape index (κ3) is 3.63. The molecule has 2 N–H and O–H groups in total. The smallest absolute Gasteiger partial charge is 0.260 e. The minimum absolute atomic E-state index is 0.0942. The zero-order valence-electron chi connectivity index (χ0n) is 14.3. The summed E-state index contributed by atoms with van der Waals surface area (Å²) < 4.78 is 0. The van der Waals surface area contributed by atoms with E-state index >= 15 is 0 Å². The van der Waals surface area contributed by atoms with E-state index in [0.29, 0.717) is 12.1 Å². The molecule has 3 rings (SSSR count). The van der Waals surface area contributed by atoms with Crippen molar-refractivity contribution in [3.8, 4) is 0 Å². The highest BCUT2D eigenvalue weighted by Crippen LogP contribution is 2.23. The van der Waals surface area contributed by atoms with Crippen molar-refractivity contribution in [1.29, 1.82) is 0 Å². The molecule has 2 aromatic rings. The highest BCUT2D eigenvalue weighted by Gasteiger charge is 2.22. The standard InChI is InChI=1S/C19H21N3O3/c1-12-5-10-16(18(24)20-12)19(25)21-13(2)14-6-8-15(9-7-14)22-11-3-4-17(22)23/h5-10,13H,3-4,11H2,1-2H3,(H,20,24)(H,21,25)/t13-/m1/s1. The Morgan fingerprint density at radius 1 is 1.16 bits per heavy atom. The average Bonchev–Trinajstić information content (AvgIpc) is 3.00. The lowest BCUT2D eigenvalue weighted by atomic mass is 10.1. The molecule has 1 aromatic heterocycles. The number of amides is 2. The highest BCUT2D eigenvalue weighted by atomic mass is 16.2. The van der Waals surface area contributed by atoms with E-state index in [2.05, 4.69) is 10.3 Å². The summed E-state index contributed by atoms with van der Waals surface area (Å²) in [7, 11) is 0. The molecule has 1 fully saturated rings. The fraction of sp³-hybridized carbons (Fsp3) is 0.316. The van der Waals surface area contributed by atoms with Gasteiger partial charge >= 0.3 is 0 Å². The predicted molar refractivity (Wildman–Crippen MR) is 95.7 cm³/mol. The van der Waals surface area contributed by atoms with Gasteiger partial charge in [-0.15, -0.1) is 0 Å². The quantitative estimate of drug-likeness (QED) is 0.897. The van der Waals surface area contributed by atoms with Crippen molar-refractivity contribution < 1.29 is 9.59 Å². The molecule has 0 aliphatic carbocycles. The number of nitrogens with zero attached hydrogens (tertiary/aromatic N) is 1. The van der Waals surface area contributed by atoms with E-state index in [0.717, 1.165) is 24.2 Å². The molecule has 0 bridgehead atoms. The lowest BCUT2D eigenvalue weighted by Crippen LogP contribution is -2.31. The monoisotopic (exact) mass is 339 g/mol. The number of anilines is 1. The second-order valence-electron chi connectivity index (χ2n) is 6.32. The first-order valence-electron chi connectivity index (χ1n) is 8.37. The van der Waals surface area contributed by atoms with Crippen LogP contribution in [0.5, 0.6) is 0 Å². The van der Waals surface area contributed by atoms with Crippen LogP contribution in [0.15, 0.2) is 41.2 Å². The molecule has 25 heavy (non-hydrogen) atoms. The Labute approximate surface area is 145 Å². The molecule has 0 spiro atoms. The van der Waals surface area contributed by atoms with Crippen molar-refractivity contribution in [3.05, 3.63) is 63.6 Å². The van der Waals surface area contributed by atoms with Crippen LogP contribution in [0.1, 0.15) is 47.4 Å². The molecule has 0 unspecified atom stereocenters. The first-order chi connectivity index (χ1) is 12.0.